The van der Waals surface area contributed by atoms with Crippen LogP contribution in [0.3, 0.4) is 0 Å². The zero-order valence-electron chi connectivity index (χ0n) is 14.7. The predicted molar refractivity (Wildman–Crippen MR) is 86.8 cm³/mol. The Bertz CT molecular complexity index is 745. The molecule has 0 spiro atoms. The van der Waals surface area contributed by atoms with Gasteiger partial charge in [-0.15, -0.1) is 0 Å². The molecule has 0 aromatic heterocycles. The number of hydroxylamine groups is 2. The van der Waals surface area contributed by atoms with Crippen LogP contribution >= 0.6 is 0 Å². The number of nitrogens with zero attached hydrogens (tertiary/aromatic N) is 1. The zero-order valence-corrected chi connectivity index (χ0v) is 14.7. The molecule has 0 radical (unpaired) electrons. The summed E-state index contributed by atoms with van der Waals surface area (Å²) in [6.07, 6.45) is -1.41. The monoisotopic (exact) mass is 361 g/mol. The summed E-state index contributed by atoms with van der Waals surface area (Å²) in [5.74, 6) is -2.87. The van der Waals surface area contributed by atoms with Crippen LogP contribution in [0.1, 0.15) is 54.3 Å². The molecule has 26 heavy (non-hydrogen) atoms. The number of hydrogen-bond donors (Lipinski definition) is 0. The fraction of sp³-hybridized carbons (Fsp3) is 0.444. The highest BCUT2D eigenvalue weighted by Crippen LogP contribution is 2.26. The summed E-state index contributed by atoms with van der Waals surface area (Å²) in [5.41, 5.74) is -0.326. The number of esters is 1. The first kappa shape index (κ1) is 18.1. The molecule has 3 rings (SSSR count). The van der Waals surface area contributed by atoms with Gasteiger partial charge in [0.1, 0.15) is 5.60 Å². The van der Waals surface area contributed by atoms with E-state index in [1.807, 2.05) is 0 Å². The standard InChI is InChI=1S/C18H19NO7/c1-18(2,3)25-16(22)12-8-9-13(24-12)17(23)26-19-14(20)10-6-4-5-7-11(10)15(19)21/h4-7,12-13H,8-9H2,1-3H3/t12-,13+/m1/s1. The topological polar surface area (TPSA) is 99.2 Å². The Morgan fingerprint density at radius 3 is 2.00 bits per heavy atom. The lowest BCUT2D eigenvalue weighted by Gasteiger charge is -2.22. The molecule has 138 valence electrons. The molecular weight excluding hydrogens is 342 g/mol. The molecule has 2 amide bonds. The van der Waals surface area contributed by atoms with Crippen molar-refractivity contribution < 1.29 is 33.5 Å². The number of carbonyl (C=O) groups is 4. The van der Waals surface area contributed by atoms with Crippen LogP contribution in [0, 0.1) is 0 Å². The number of amides is 2. The fourth-order valence-corrected chi connectivity index (χ4v) is 2.75. The smallest absolute Gasteiger partial charge is 0.361 e. The second-order valence-electron chi connectivity index (χ2n) is 7.08. The predicted octanol–water partition coefficient (Wildman–Crippen LogP) is 1.63. The molecule has 0 bridgehead atoms. The van der Waals surface area contributed by atoms with Crippen molar-refractivity contribution in [3.05, 3.63) is 35.4 Å². The Kier molecular flexibility index (Phi) is 4.53. The van der Waals surface area contributed by atoms with E-state index < -0.39 is 41.6 Å². The molecular formula is C18H19NO7. The number of carbonyl (C=O) groups excluding carboxylic acids is 4. The molecule has 2 heterocycles. The normalized spacial score (nSPS) is 22.3. The minimum absolute atomic E-state index is 0.171. The molecule has 0 N–H and O–H groups in total. The van der Waals surface area contributed by atoms with Crippen LogP contribution in [-0.4, -0.2) is 46.6 Å². The van der Waals surface area contributed by atoms with Crippen molar-refractivity contribution in [2.45, 2.75) is 51.4 Å². The summed E-state index contributed by atoms with van der Waals surface area (Å²) in [4.78, 5) is 53.6. The summed E-state index contributed by atoms with van der Waals surface area (Å²) < 4.78 is 10.6. The maximum Gasteiger partial charge on any atom is 0.361 e. The molecule has 2 atom stereocenters. The third-order valence-corrected chi connectivity index (χ3v) is 3.89. The molecule has 0 saturated carbocycles. The van der Waals surface area contributed by atoms with E-state index >= 15 is 0 Å². The van der Waals surface area contributed by atoms with E-state index in [0.29, 0.717) is 5.06 Å². The summed E-state index contributed by atoms with van der Waals surface area (Å²) in [5, 5.41) is 0.428. The molecule has 1 aromatic carbocycles. The first-order chi connectivity index (χ1) is 12.2. The summed E-state index contributed by atoms with van der Waals surface area (Å²) in [6, 6.07) is 6.18. The second-order valence-corrected chi connectivity index (χ2v) is 7.08. The molecule has 1 saturated heterocycles. The maximum absolute atomic E-state index is 12.3. The Morgan fingerprint density at radius 1 is 1.00 bits per heavy atom. The van der Waals surface area contributed by atoms with Crippen LogP contribution < -0.4 is 0 Å². The van der Waals surface area contributed by atoms with Crippen LogP contribution in [0.4, 0.5) is 0 Å². The van der Waals surface area contributed by atoms with Crippen LogP contribution in [0.25, 0.3) is 0 Å². The van der Waals surface area contributed by atoms with Crippen LogP contribution in [0.15, 0.2) is 24.3 Å². The maximum atomic E-state index is 12.3. The first-order valence-corrected chi connectivity index (χ1v) is 8.25. The Labute approximate surface area is 149 Å². The lowest BCUT2D eigenvalue weighted by molar-refractivity contribution is -0.185. The SMILES string of the molecule is CC(C)(C)OC(=O)[C@H]1CC[C@@H](C(=O)ON2C(=O)c3ccccc3C2=O)O1. The number of rotatable bonds is 3. The van der Waals surface area contributed by atoms with Crippen LogP contribution in [-0.2, 0) is 23.9 Å². The highest BCUT2D eigenvalue weighted by molar-refractivity contribution is 6.20. The van der Waals surface area contributed by atoms with Gasteiger partial charge in [0.25, 0.3) is 11.8 Å². The zero-order chi connectivity index (χ0) is 19.1. The molecule has 1 aromatic rings. The van der Waals surface area contributed by atoms with Crippen LogP contribution in [0.5, 0.6) is 0 Å². The quantitative estimate of drug-likeness (QED) is 0.596. The number of fused-ring (bicyclic) bond motifs is 1. The van der Waals surface area contributed by atoms with Crippen LogP contribution in [0.2, 0.25) is 0 Å². The van der Waals surface area contributed by atoms with Gasteiger partial charge in [-0.25, -0.2) is 9.59 Å². The average molecular weight is 361 g/mol. The van der Waals surface area contributed by atoms with Gasteiger partial charge in [0.2, 0.25) is 0 Å². The second kappa shape index (κ2) is 6.53. The van der Waals surface area contributed by atoms with Gasteiger partial charge in [0, 0.05) is 0 Å². The molecule has 0 unspecified atom stereocenters. The van der Waals surface area contributed by atoms with Crippen molar-refractivity contribution in [3.8, 4) is 0 Å². The average Bonchev–Trinajstić information content (AvgIpc) is 3.14. The van der Waals surface area contributed by atoms with Gasteiger partial charge >= 0.3 is 11.9 Å². The lowest BCUT2D eigenvalue weighted by Crippen LogP contribution is -2.38. The van der Waals surface area contributed by atoms with Gasteiger partial charge in [-0.2, -0.15) is 0 Å². The molecule has 8 heteroatoms. The van der Waals surface area contributed by atoms with Gasteiger partial charge in [-0.05, 0) is 45.7 Å². The molecule has 8 nitrogen and oxygen atoms in total. The first-order valence-electron chi connectivity index (χ1n) is 8.25. The van der Waals surface area contributed by atoms with Gasteiger partial charge in [0.05, 0.1) is 11.1 Å². The Morgan fingerprint density at radius 2 is 1.50 bits per heavy atom. The van der Waals surface area contributed by atoms with Gasteiger partial charge in [-0.3, -0.25) is 9.59 Å². The molecule has 2 aliphatic heterocycles. The Balaban J connectivity index is 1.61. The fourth-order valence-electron chi connectivity index (χ4n) is 2.75. The third kappa shape index (κ3) is 3.45. The lowest BCUT2D eigenvalue weighted by atomic mass is 10.1. The van der Waals surface area contributed by atoms with Crippen molar-refractivity contribution in [1.82, 2.24) is 5.06 Å². The highest BCUT2D eigenvalue weighted by atomic mass is 16.7. The van der Waals surface area contributed by atoms with E-state index in [9.17, 15) is 19.2 Å². The van der Waals surface area contributed by atoms with E-state index in [1.165, 1.54) is 12.1 Å². The van der Waals surface area contributed by atoms with Crippen molar-refractivity contribution >= 4 is 23.8 Å². The molecule has 1 fully saturated rings. The van der Waals surface area contributed by atoms with E-state index in [4.69, 9.17) is 14.3 Å². The minimum Gasteiger partial charge on any atom is -0.458 e. The molecule has 0 aliphatic carbocycles. The Hall–Kier alpha value is -2.74. The minimum atomic E-state index is -1.04. The van der Waals surface area contributed by atoms with E-state index in [-0.39, 0.29) is 24.0 Å². The molecule has 2 aliphatic rings. The number of hydrogen-bond acceptors (Lipinski definition) is 7. The highest BCUT2D eigenvalue weighted by Gasteiger charge is 2.43. The summed E-state index contributed by atoms with van der Waals surface area (Å²) in [7, 11) is 0. The summed E-state index contributed by atoms with van der Waals surface area (Å²) in [6.45, 7) is 5.19. The van der Waals surface area contributed by atoms with E-state index in [2.05, 4.69) is 0 Å². The van der Waals surface area contributed by atoms with Crippen molar-refractivity contribution in [1.29, 1.82) is 0 Å². The largest absolute Gasteiger partial charge is 0.458 e. The van der Waals surface area contributed by atoms with Gasteiger partial charge in [-0.1, -0.05) is 17.2 Å². The number of imide groups is 1. The third-order valence-electron chi connectivity index (χ3n) is 3.89. The van der Waals surface area contributed by atoms with Gasteiger partial charge in [0.15, 0.2) is 12.2 Å². The van der Waals surface area contributed by atoms with Gasteiger partial charge < -0.3 is 14.3 Å². The van der Waals surface area contributed by atoms with Crippen molar-refractivity contribution in [2.24, 2.45) is 0 Å². The summed E-state index contributed by atoms with van der Waals surface area (Å²) >= 11 is 0. The van der Waals surface area contributed by atoms with Crippen molar-refractivity contribution in [3.63, 3.8) is 0 Å². The number of ether oxygens (including phenoxy) is 2. The van der Waals surface area contributed by atoms with Crippen molar-refractivity contribution in [2.75, 3.05) is 0 Å². The number of benzene rings is 1. The van der Waals surface area contributed by atoms with E-state index in [1.54, 1.807) is 32.9 Å². The van der Waals surface area contributed by atoms with E-state index in [0.717, 1.165) is 0 Å².